The molecule has 0 bridgehead atoms. The molecule has 1 amide bonds. The molecule has 4 nitrogen and oxygen atoms in total. The third-order valence-corrected chi connectivity index (χ3v) is 2.93. The van der Waals surface area contributed by atoms with Crippen LogP contribution < -0.4 is 5.32 Å². The number of benzene rings is 1. The van der Waals surface area contributed by atoms with Crippen LogP contribution in [-0.2, 0) is 11.0 Å². The Morgan fingerprint density at radius 2 is 1.73 bits per heavy atom. The minimum absolute atomic E-state index is 0.560. The van der Waals surface area contributed by atoms with Crippen LogP contribution in [0.3, 0.4) is 0 Å². The van der Waals surface area contributed by atoms with E-state index in [4.69, 9.17) is 5.11 Å². The fraction of sp³-hybridized carbons (Fsp3) is 0.429. The van der Waals surface area contributed by atoms with Gasteiger partial charge in [-0.25, -0.2) is 9.18 Å². The lowest BCUT2D eigenvalue weighted by Gasteiger charge is -2.28. The van der Waals surface area contributed by atoms with E-state index in [1.807, 2.05) is 5.32 Å². The van der Waals surface area contributed by atoms with Gasteiger partial charge in [-0.1, -0.05) is 26.8 Å². The molecule has 0 saturated carbocycles. The maximum absolute atomic E-state index is 13.7. The summed E-state index contributed by atoms with van der Waals surface area (Å²) in [5.41, 5.74) is -3.64. The Morgan fingerprint density at radius 3 is 2.14 bits per heavy atom. The Hall–Kier alpha value is -2.12. The summed E-state index contributed by atoms with van der Waals surface area (Å²) >= 11 is 0. The number of carboxylic acids is 1. The van der Waals surface area contributed by atoms with Crippen molar-refractivity contribution in [3.63, 3.8) is 0 Å². The maximum atomic E-state index is 13.7. The number of aliphatic carboxylic acids is 1. The van der Waals surface area contributed by atoms with Crippen molar-refractivity contribution in [3.05, 3.63) is 35.1 Å². The average molecular weight is 321 g/mol. The molecule has 1 atom stereocenters. The molecule has 0 unspecified atom stereocenters. The van der Waals surface area contributed by atoms with Gasteiger partial charge in [0.1, 0.15) is 11.9 Å². The minimum atomic E-state index is -4.94. The molecule has 1 aromatic rings. The normalized spacial score (nSPS) is 13.6. The predicted octanol–water partition coefficient (Wildman–Crippen LogP) is 3.07. The fourth-order valence-corrected chi connectivity index (χ4v) is 1.84. The van der Waals surface area contributed by atoms with Gasteiger partial charge in [-0.2, -0.15) is 13.2 Å². The molecule has 1 rings (SSSR count). The van der Waals surface area contributed by atoms with Gasteiger partial charge in [-0.05, 0) is 17.5 Å². The number of carboxylic acid groups (broad SMARTS) is 1. The van der Waals surface area contributed by atoms with Gasteiger partial charge in [0.25, 0.3) is 5.91 Å². The van der Waals surface area contributed by atoms with Crippen molar-refractivity contribution in [3.8, 4) is 0 Å². The molecule has 0 aliphatic rings. The van der Waals surface area contributed by atoms with E-state index in [1.165, 1.54) is 20.8 Å². The highest BCUT2D eigenvalue weighted by Gasteiger charge is 2.39. The Bertz CT molecular complexity index is 591. The molecule has 0 aromatic heterocycles. The molecular formula is C14H15F4NO3. The lowest BCUT2D eigenvalue weighted by atomic mass is 9.86. The van der Waals surface area contributed by atoms with Crippen molar-refractivity contribution >= 4 is 11.9 Å². The number of halogens is 4. The van der Waals surface area contributed by atoms with E-state index >= 15 is 0 Å². The van der Waals surface area contributed by atoms with Crippen LogP contribution in [0.2, 0.25) is 0 Å². The predicted molar refractivity (Wildman–Crippen MR) is 69.7 cm³/mol. The first-order valence-corrected chi connectivity index (χ1v) is 6.25. The zero-order valence-electron chi connectivity index (χ0n) is 12.1. The van der Waals surface area contributed by atoms with Crippen molar-refractivity contribution < 1.29 is 32.3 Å². The van der Waals surface area contributed by atoms with E-state index in [2.05, 4.69) is 0 Å². The molecule has 0 aliphatic heterocycles. The number of carbonyl (C=O) groups excluding carboxylic acids is 1. The van der Waals surface area contributed by atoms with E-state index < -0.39 is 46.5 Å². The third-order valence-electron chi connectivity index (χ3n) is 2.93. The number of nitrogens with one attached hydrogen (secondary N) is 1. The summed E-state index contributed by atoms with van der Waals surface area (Å²) in [5, 5.41) is 11.0. The van der Waals surface area contributed by atoms with Crippen LogP contribution >= 0.6 is 0 Å². The Labute approximate surface area is 124 Å². The zero-order chi connectivity index (χ0) is 17.3. The van der Waals surface area contributed by atoms with Crippen LogP contribution in [0.4, 0.5) is 17.6 Å². The van der Waals surface area contributed by atoms with Crippen LogP contribution in [-0.4, -0.2) is 23.0 Å². The van der Waals surface area contributed by atoms with Crippen molar-refractivity contribution in [1.82, 2.24) is 5.32 Å². The highest BCUT2D eigenvalue weighted by atomic mass is 19.4. The van der Waals surface area contributed by atoms with Gasteiger partial charge in [0.15, 0.2) is 0 Å². The van der Waals surface area contributed by atoms with E-state index in [0.717, 1.165) is 6.07 Å². The second-order valence-corrected chi connectivity index (χ2v) is 5.77. The smallest absolute Gasteiger partial charge is 0.417 e. The van der Waals surface area contributed by atoms with Gasteiger partial charge in [-0.3, -0.25) is 4.79 Å². The highest BCUT2D eigenvalue weighted by molar-refractivity contribution is 5.98. The number of alkyl halides is 3. The molecule has 1 aromatic carbocycles. The topological polar surface area (TPSA) is 66.4 Å². The van der Waals surface area contributed by atoms with Gasteiger partial charge < -0.3 is 10.4 Å². The van der Waals surface area contributed by atoms with Gasteiger partial charge in [0, 0.05) is 0 Å². The molecule has 8 heteroatoms. The Balaban J connectivity index is 3.27. The molecule has 0 heterocycles. The Morgan fingerprint density at radius 1 is 1.18 bits per heavy atom. The van der Waals surface area contributed by atoms with Crippen LogP contribution in [0.5, 0.6) is 0 Å². The van der Waals surface area contributed by atoms with Crippen molar-refractivity contribution in [2.45, 2.75) is 33.0 Å². The van der Waals surface area contributed by atoms with Crippen LogP contribution in [0.15, 0.2) is 18.2 Å². The number of amides is 1. The molecule has 0 aliphatic carbocycles. The van der Waals surface area contributed by atoms with E-state index in [0.29, 0.717) is 12.1 Å². The summed E-state index contributed by atoms with van der Waals surface area (Å²) in [6.45, 7) is 4.45. The highest BCUT2D eigenvalue weighted by Crippen LogP contribution is 2.33. The zero-order valence-corrected chi connectivity index (χ0v) is 12.1. The number of rotatable bonds is 3. The number of carbonyl (C=O) groups is 2. The second-order valence-electron chi connectivity index (χ2n) is 5.77. The van der Waals surface area contributed by atoms with E-state index in [9.17, 15) is 27.2 Å². The van der Waals surface area contributed by atoms with Crippen LogP contribution in [0.1, 0.15) is 36.7 Å². The summed E-state index contributed by atoms with van der Waals surface area (Å²) in [5.74, 6) is -4.22. The molecule has 0 fully saturated rings. The van der Waals surface area contributed by atoms with Crippen LogP contribution in [0.25, 0.3) is 0 Å². The lowest BCUT2D eigenvalue weighted by molar-refractivity contribution is -0.142. The van der Waals surface area contributed by atoms with E-state index in [-0.39, 0.29) is 0 Å². The Kier molecular flexibility index (Phi) is 4.84. The first-order chi connectivity index (χ1) is 9.85. The van der Waals surface area contributed by atoms with Crippen molar-refractivity contribution in [1.29, 1.82) is 0 Å². The fourth-order valence-electron chi connectivity index (χ4n) is 1.84. The summed E-state index contributed by atoms with van der Waals surface area (Å²) in [6.07, 6.45) is -4.94. The van der Waals surface area contributed by atoms with Crippen molar-refractivity contribution in [2.75, 3.05) is 0 Å². The average Bonchev–Trinajstić information content (AvgIpc) is 2.32. The van der Waals surface area contributed by atoms with Crippen molar-refractivity contribution in [2.24, 2.45) is 5.41 Å². The first-order valence-electron chi connectivity index (χ1n) is 6.25. The minimum Gasteiger partial charge on any atom is -0.480 e. The molecular weight excluding hydrogens is 306 g/mol. The summed E-state index contributed by atoms with van der Waals surface area (Å²) in [6, 6.07) is 0.621. The number of hydrogen-bond donors (Lipinski definition) is 2. The largest absolute Gasteiger partial charge is 0.480 e. The summed E-state index contributed by atoms with van der Waals surface area (Å²) in [7, 11) is 0. The quantitative estimate of drug-likeness (QED) is 0.841. The van der Waals surface area contributed by atoms with E-state index in [1.54, 1.807) is 0 Å². The molecule has 2 N–H and O–H groups in total. The van der Waals surface area contributed by atoms with Gasteiger partial charge >= 0.3 is 12.1 Å². The standard InChI is InChI=1S/C14H15F4NO3/c1-13(2,3)10(12(21)22)19-11(20)9-7(14(16,17)18)5-4-6-8(9)15/h4-6,10H,1-3H3,(H,19,20)(H,21,22)/t10-/m0/s1. The third kappa shape index (κ3) is 3.96. The van der Waals surface area contributed by atoms with Gasteiger partial charge in [0.2, 0.25) is 0 Å². The molecule has 0 saturated heterocycles. The van der Waals surface area contributed by atoms with Gasteiger partial charge in [-0.15, -0.1) is 0 Å². The molecule has 122 valence electrons. The summed E-state index contributed by atoms with van der Waals surface area (Å²) in [4.78, 5) is 23.1. The summed E-state index contributed by atoms with van der Waals surface area (Å²) < 4.78 is 52.2. The lowest BCUT2D eigenvalue weighted by Crippen LogP contribution is -2.49. The van der Waals surface area contributed by atoms with Gasteiger partial charge in [0.05, 0.1) is 11.1 Å². The SMILES string of the molecule is CC(C)(C)[C@@H](NC(=O)c1c(F)cccc1C(F)(F)F)C(=O)O. The van der Waals surface area contributed by atoms with Crippen LogP contribution in [0, 0.1) is 11.2 Å². The second kappa shape index (κ2) is 5.94. The molecule has 22 heavy (non-hydrogen) atoms. The first kappa shape index (κ1) is 17.9. The maximum Gasteiger partial charge on any atom is 0.417 e. The molecule has 0 radical (unpaired) electrons. The monoisotopic (exact) mass is 321 g/mol. The number of hydrogen-bond acceptors (Lipinski definition) is 2. The molecule has 0 spiro atoms.